The molecule has 0 spiro atoms. The lowest BCUT2D eigenvalue weighted by atomic mass is 9.98. The molecule has 2 heteroatoms. The molecule has 0 unspecified atom stereocenters. The number of esters is 1. The summed E-state index contributed by atoms with van der Waals surface area (Å²) in [5.74, 6) is -0.0765. The summed E-state index contributed by atoms with van der Waals surface area (Å²) in [4.78, 5) is 11.4. The molecule has 1 atom stereocenters. The number of rotatable bonds is 1. The fourth-order valence-electron chi connectivity index (χ4n) is 1.85. The molecule has 1 aromatic rings. The molecule has 0 amide bonds. The predicted octanol–water partition coefficient (Wildman–Crippen LogP) is 2.36. The van der Waals surface area contributed by atoms with E-state index in [2.05, 4.69) is 0 Å². The van der Waals surface area contributed by atoms with Gasteiger partial charge in [-0.15, -0.1) is 0 Å². The summed E-state index contributed by atoms with van der Waals surface area (Å²) in [5, 5.41) is 0. The van der Waals surface area contributed by atoms with Gasteiger partial charge in [0.15, 0.2) is 0 Å². The van der Waals surface area contributed by atoms with Crippen LogP contribution in [-0.2, 0) is 9.53 Å². The second-order valence-electron chi connectivity index (χ2n) is 3.44. The largest absolute Gasteiger partial charge is 0.466 e. The Kier molecular flexibility index (Phi) is 2.12. The van der Waals surface area contributed by atoms with E-state index in [-0.39, 0.29) is 11.9 Å². The van der Waals surface area contributed by atoms with Gasteiger partial charge in [-0.05, 0) is 17.2 Å². The highest BCUT2D eigenvalue weighted by atomic mass is 16.5. The van der Waals surface area contributed by atoms with E-state index < -0.39 is 0 Å². The molecule has 14 heavy (non-hydrogen) atoms. The first-order valence-corrected chi connectivity index (χ1v) is 4.63. The topological polar surface area (TPSA) is 26.3 Å². The van der Waals surface area contributed by atoms with Crippen LogP contribution in [0.4, 0.5) is 0 Å². The monoisotopic (exact) mass is 188 g/mol. The average Bonchev–Trinajstić information content (AvgIpc) is 2.56. The Bertz CT molecular complexity index is 405. The normalized spacial score (nSPS) is 18.7. The number of carbonyl (C=O) groups excluding carboxylic acids is 1. The van der Waals surface area contributed by atoms with Crippen molar-refractivity contribution >= 4 is 12.0 Å². The number of fused-ring (bicyclic) bond motifs is 1. The van der Waals surface area contributed by atoms with E-state index in [0.29, 0.717) is 0 Å². The van der Waals surface area contributed by atoms with Crippen molar-refractivity contribution in [2.45, 2.75) is 12.8 Å². The van der Waals surface area contributed by atoms with Crippen molar-refractivity contribution in [1.82, 2.24) is 0 Å². The minimum Gasteiger partial charge on any atom is -0.466 e. The molecule has 0 bridgehead atoms. The van der Waals surface area contributed by atoms with Crippen molar-refractivity contribution in [2.75, 3.05) is 7.11 Å². The summed E-state index contributed by atoms with van der Waals surface area (Å²) >= 11 is 0. The van der Waals surface area contributed by atoms with Gasteiger partial charge < -0.3 is 4.74 Å². The van der Waals surface area contributed by atoms with Crippen molar-refractivity contribution in [3.05, 3.63) is 41.0 Å². The van der Waals surface area contributed by atoms with Crippen LogP contribution in [0.15, 0.2) is 29.8 Å². The number of ether oxygens (including phenoxy) is 1. The Labute approximate surface area is 83.2 Å². The van der Waals surface area contributed by atoms with E-state index in [1.807, 2.05) is 37.3 Å². The van der Waals surface area contributed by atoms with Crippen LogP contribution in [0.3, 0.4) is 0 Å². The Morgan fingerprint density at radius 2 is 2.07 bits per heavy atom. The van der Waals surface area contributed by atoms with Crippen LogP contribution >= 0.6 is 0 Å². The van der Waals surface area contributed by atoms with Gasteiger partial charge in [0, 0.05) is 11.5 Å². The Hall–Kier alpha value is -1.57. The first-order chi connectivity index (χ1) is 6.74. The number of carbonyl (C=O) groups is 1. The second kappa shape index (κ2) is 3.29. The second-order valence-corrected chi connectivity index (χ2v) is 3.44. The van der Waals surface area contributed by atoms with Crippen LogP contribution in [0.5, 0.6) is 0 Å². The van der Waals surface area contributed by atoms with Crippen LogP contribution in [0.1, 0.15) is 24.0 Å². The number of benzene rings is 1. The summed E-state index contributed by atoms with van der Waals surface area (Å²) in [6.07, 6.45) is 1.91. The van der Waals surface area contributed by atoms with Crippen LogP contribution in [0.25, 0.3) is 6.08 Å². The molecule has 1 aromatic carbocycles. The third-order valence-corrected chi connectivity index (χ3v) is 2.66. The highest BCUT2D eigenvalue weighted by Crippen LogP contribution is 2.35. The Morgan fingerprint density at radius 3 is 2.71 bits per heavy atom. The molecule has 2 nitrogen and oxygen atoms in total. The maximum atomic E-state index is 11.4. The number of hydrogen-bond acceptors (Lipinski definition) is 2. The summed E-state index contributed by atoms with van der Waals surface area (Å²) in [6.45, 7) is 2.02. The molecule has 0 aromatic heterocycles. The zero-order chi connectivity index (χ0) is 10.1. The van der Waals surface area contributed by atoms with E-state index in [0.717, 1.165) is 11.1 Å². The van der Waals surface area contributed by atoms with Crippen LogP contribution < -0.4 is 0 Å². The molecule has 2 rings (SSSR count). The summed E-state index contributed by atoms with van der Waals surface area (Å²) < 4.78 is 4.73. The first-order valence-electron chi connectivity index (χ1n) is 4.63. The maximum absolute atomic E-state index is 11.4. The Morgan fingerprint density at radius 1 is 1.36 bits per heavy atom. The Balaban J connectivity index is 2.41. The minimum atomic E-state index is -0.228. The molecule has 72 valence electrons. The van der Waals surface area contributed by atoms with E-state index >= 15 is 0 Å². The van der Waals surface area contributed by atoms with Crippen molar-refractivity contribution in [1.29, 1.82) is 0 Å². The molecule has 0 radical (unpaired) electrons. The van der Waals surface area contributed by atoms with Crippen molar-refractivity contribution < 1.29 is 9.53 Å². The predicted molar refractivity (Wildman–Crippen MR) is 54.9 cm³/mol. The molecule has 0 heterocycles. The molecular weight excluding hydrogens is 176 g/mol. The van der Waals surface area contributed by atoms with Crippen LogP contribution in [0, 0.1) is 0 Å². The quantitative estimate of drug-likeness (QED) is 0.632. The first kappa shape index (κ1) is 9.00. The molecule has 1 aliphatic carbocycles. The van der Waals surface area contributed by atoms with E-state index in [9.17, 15) is 4.79 Å². The van der Waals surface area contributed by atoms with E-state index in [4.69, 9.17) is 4.74 Å². The zero-order valence-corrected chi connectivity index (χ0v) is 8.28. The molecule has 0 N–H and O–H groups in total. The van der Waals surface area contributed by atoms with Crippen LogP contribution in [0.2, 0.25) is 0 Å². The van der Waals surface area contributed by atoms with Gasteiger partial charge in [-0.3, -0.25) is 0 Å². The lowest BCUT2D eigenvalue weighted by Crippen LogP contribution is -2.07. The standard InChI is InChI=1S/C12H12O2/c1-8-10-6-4-3-5-9(10)7-11(8)12(13)14-2/h3-8H,1-2H3/t8-/m0/s1. The van der Waals surface area contributed by atoms with Gasteiger partial charge in [0.2, 0.25) is 0 Å². The number of hydrogen-bond donors (Lipinski definition) is 0. The van der Waals surface area contributed by atoms with E-state index in [1.165, 1.54) is 12.7 Å². The summed E-state index contributed by atoms with van der Waals surface area (Å²) in [5.41, 5.74) is 3.07. The lowest BCUT2D eigenvalue weighted by molar-refractivity contribution is -0.136. The highest BCUT2D eigenvalue weighted by Gasteiger charge is 2.25. The fourth-order valence-corrected chi connectivity index (χ4v) is 1.85. The van der Waals surface area contributed by atoms with Gasteiger partial charge in [0.1, 0.15) is 0 Å². The molecule has 1 aliphatic rings. The third-order valence-electron chi connectivity index (χ3n) is 2.66. The molecular formula is C12H12O2. The third kappa shape index (κ3) is 1.23. The fraction of sp³-hybridized carbons (Fsp3) is 0.250. The molecule has 0 fully saturated rings. The van der Waals surface area contributed by atoms with Gasteiger partial charge in [0.25, 0.3) is 0 Å². The van der Waals surface area contributed by atoms with Crippen molar-refractivity contribution in [3.63, 3.8) is 0 Å². The van der Waals surface area contributed by atoms with Gasteiger partial charge in [-0.2, -0.15) is 0 Å². The zero-order valence-electron chi connectivity index (χ0n) is 8.28. The SMILES string of the molecule is COC(=O)C1=Cc2ccccc2[C@@H]1C. The van der Waals surface area contributed by atoms with Gasteiger partial charge in [-0.1, -0.05) is 31.2 Å². The van der Waals surface area contributed by atoms with Crippen molar-refractivity contribution in [3.8, 4) is 0 Å². The smallest absolute Gasteiger partial charge is 0.334 e. The molecule has 0 aliphatic heterocycles. The number of methoxy groups -OCH3 is 1. The summed E-state index contributed by atoms with van der Waals surface area (Å²) in [6, 6.07) is 8.03. The van der Waals surface area contributed by atoms with Gasteiger partial charge >= 0.3 is 5.97 Å². The van der Waals surface area contributed by atoms with Crippen molar-refractivity contribution in [2.24, 2.45) is 0 Å². The van der Waals surface area contributed by atoms with Gasteiger partial charge in [-0.25, -0.2) is 4.79 Å². The average molecular weight is 188 g/mol. The molecule has 0 saturated heterocycles. The lowest BCUT2D eigenvalue weighted by Gasteiger charge is -2.08. The van der Waals surface area contributed by atoms with E-state index in [1.54, 1.807) is 0 Å². The summed E-state index contributed by atoms with van der Waals surface area (Å²) in [7, 11) is 1.42. The molecule has 0 saturated carbocycles. The minimum absolute atomic E-state index is 0.152. The maximum Gasteiger partial charge on any atom is 0.334 e. The highest BCUT2D eigenvalue weighted by molar-refractivity contribution is 5.98. The van der Waals surface area contributed by atoms with Gasteiger partial charge in [0.05, 0.1) is 7.11 Å². The van der Waals surface area contributed by atoms with Crippen LogP contribution in [-0.4, -0.2) is 13.1 Å².